The van der Waals surface area contributed by atoms with Crippen LogP contribution in [0, 0.1) is 0 Å². The number of carbonyl (C=O) groups excluding carboxylic acids is 2. The lowest BCUT2D eigenvalue weighted by Crippen LogP contribution is -2.36. The molecule has 5 rings (SSSR count). The predicted molar refractivity (Wildman–Crippen MR) is 114 cm³/mol. The molecule has 1 spiro atoms. The summed E-state index contributed by atoms with van der Waals surface area (Å²) in [6, 6.07) is 15.7. The van der Waals surface area contributed by atoms with Gasteiger partial charge in [-0.05, 0) is 30.3 Å². The highest BCUT2D eigenvalue weighted by Gasteiger charge is 2.53. The highest BCUT2D eigenvalue weighted by molar-refractivity contribution is 7.80. The summed E-state index contributed by atoms with van der Waals surface area (Å²) in [6.07, 6.45) is 0. The smallest absolute Gasteiger partial charge is 0.340 e. The maximum absolute atomic E-state index is 12.7. The maximum atomic E-state index is 12.7. The Morgan fingerprint density at radius 2 is 1.77 bits per heavy atom. The Morgan fingerprint density at radius 3 is 2.55 bits per heavy atom. The molecule has 0 fully saturated rings. The van der Waals surface area contributed by atoms with Crippen molar-refractivity contribution in [2.24, 2.45) is 5.73 Å². The molecule has 0 amide bonds. The Kier molecular flexibility index (Phi) is 4.42. The van der Waals surface area contributed by atoms with Gasteiger partial charge in [0.1, 0.15) is 29.0 Å². The van der Waals surface area contributed by atoms with Crippen LogP contribution in [0.4, 0.5) is 0 Å². The van der Waals surface area contributed by atoms with Crippen LogP contribution in [0.1, 0.15) is 27.0 Å². The average molecular weight is 435 g/mol. The summed E-state index contributed by atoms with van der Waals surface area (Å²) in [5, 5.41) is 10.00. The molecule has 2 atom stereocenters. The second-order valence-corrected chi connectivity index (χ2v) is 7.63. The summed E-state index contributed by atoms with van der Waals surface area (Å²) in [4.78, 5) is 24.8. The third kappa shape index (κ3) is 2.87. The second kappa shape index (κ2) is 7.04. The summed E-state index contributed by atoms with van der Waals surface area (Å²) in [5.74, 6) is -0.0774. The van der Waals surface area contributed by atoms with Gasteiger partial charge >= 0.3 is 11.9 Å². The van der Waals surface area contributed by atoms with E-state index >= 15 is 0 Å². The van der Waals surface area contributed by atoms with Gasteiger partial charge in [-0.3, -0.25) is 0 Å². The molecule has 3 aromatic rings. The molecule has 0 bridgehead atoms. The molecule has 2 aliphatic heterocycles. The van der Waals surface area contributed by atoms with Crippen molar-refractivity contribution in [3.05, 3.63) is 82.9 Å². The molecule has 3 N–H and O–H groups in total. The van der Waals surface area contributed by atoms with Crippen molar-refractivity contribution in [2.75, 3.05) is 5.75 Å². The fourth-order valence-electron chi connectivity index (χ4n) is 3.97. The first-order valence-electron chi connectivity index (χ1n) is 9.51. The van der Waals surface area contributed by atoms with Gasteiger partial charge < -0.3 is 25.1 Å². The molecule has 8 heteroatoms. The fourth-order valence-corrected chi connectivity index (χ4v) is 4.12. The zero-order chi connectivity index (χ0) is 21.8. The molecule has 0 aromatic heterocycles. The van der Waals surface area contributed by atoms with Crippen molar-refractivity contribution in [1.82, 2.24) is 0 Å². The van der Waals surface area contributed by atoms with Crippen LogP contribution in [-0.4, -0.2) is 28.8 Å². The number of fused-ring (bicyclic) bond motifs is 6. The zero-order valence-electron chi connectivity index (χ0n) is 16.1. The summed E-state index contributed by atoms with van der Waals surface area (Å²) in [5.41, 5.74) is 6.69. The third-order valence-corrected chi connectivity index (χ3v) is 5.78. The van der Waals surface area contributed by atoms with Crippen LogP contribution in [0.15, 0.2) is 60.7 Å². The Morgan fingerprint density at radius 1 is 1.06 bits per heavy atom. The van der Waals surface area contributed by atoms with Crippen LogP contribution in [-0.2, 0) is 15.1 Å². The van der Waals surface area contributed by atoms with Gasteiger partial charge in [0.25, 0.3) is 0 Å². The minimum absolute atomic E-state index is 0.00251. The molecule has 0 saturated carbocycles. The van der Waals surface area contributed by atoms with Gasteiger partial charge in [0.15, 0.2) is 5.60 Å². The Bertz CT molecular complexity index is 1240. The van der Waals surface area contributed by atoms with Crippen LogP contribution in [0.25, 0.3) is 0 Å². The van der Waals surface area contributed by atoms with Crippen LogP contribution in [0.3, 0.4) is 0 Å². The highest BCUT2D eigenvalue weighted by Crippen LogP contribution is 2.56. The number of thiol groups is 1. The number of hydrogen-bond acceptors (Lipinski definition) is 8. The van der Waals surface area contributed by atoms with Crippen LogP contribution in [0.2, 0.25) is 0 Å². The second-order valence-electron chi connectivity index (χ2n) is 7.27. The quantitative estimate of drug-likeness (QED) is 0.330. The Hall–Kier alpha value is -3.49. The minimum Gasteiger partial charge on any atom is -0.508 e. The van der Waals surface area contributed by atoms with Crippen molar-refractivity contribution in [3.8, 4) is 23.0 Å². The number of nitrogens with two attached hydrogens (primary N) is 1. The molecule has 2 heterocycles. The number of aromatic hydroxyl groups is 1. The molecule has 3 aromatic carbocycles. The average Bonchev–Trinajstić information content (AvgIpc) is 3.06. The van der Waals surface area contributed by atoms with Crippen molar-refractivity contribution in [3.63, 3.8) is 0 Å². The molecule has 1 unspecified atom stereocenters. The molecule has 0 saturated heterocycles. The SMILES string of the molecule is N[C@@H](CS)C(=O)Oc1ccc2c(c1)Oc1cc(O)ccc1C21OC(=O)c2ccccc21. The maximum Gasteiger partial charge on any atom is 0.340 e. The van der Waals surface area contributed by atoms with Gasteiger partial charge in [-0.1, -0.05) is 18.2 Å². The molecular formula is C23H17NO6S. The number of phenols is 1. The minimum atomic E-state index is -1.26. The first-order valence-corrected chi connectivity index (χ1v) is 10.1. The predicted octanol–water partition coefficient (Wildman–Crippen LogP) is 3.12. The lowest BCUT2D eigenvalue weighted by Gasteiger charge is -2.36. The summed E-state index contributed by atoms with van der Waals surface area (Å²) < 4.78 is 17.3. The van der Waals surface area contributed by atoms with E-state index in [1.165, 1.54) is 18.2 Å². The van der Waals surface area contributed by atoms with Crippen molar-refractivity contribution >= 4 is 24.6 Å². The molecule has 0 radical (unpaired) electrons. The van der Waals surface area contributed by atoms with Crippen molar-refractivity contribution in [1.29, 1.82) is 0 Å². The number of esters is 2. The third-order valence-electron chi connectivity index (χ3n) is 5.39. The van der Waals surface area contributed by atoms with Gasteiger partial charge in [-0.25, -0.2) is 9.59 Å². The van der Waals surface area contributed by atoms with Crippen molar-refractivity contribution < 1.29 is 28.9 Å². The van der Waals surface area contributed by atoms with E-state index in [9.17, 15) is 14.7 Å². The number of benzene rings is 3. The van der Waals surface area contributed by atoms with Crippen LogP contribution >= 0.6 is 12.6 Å². The number of rotatable bonds is 3. The molecule has 2 aliphatic rings. The van der Waals surface area contributed by atoms with Crippen LogP contribution < -0.4 is 15.2 Å². The van der Waals surface area contributed by atoms with E-state index in [1.54, 1.807) is 30.3 Å². The fraction of sp³-hybridized carbons (Fsp3) is 0.130. The summed E-state index contributed by atoms with van der Waals surface area (Å²) >= 11 is 4.01. The van der Waals surface area contributed by atoms with Gasteiger partial charge in [-0.2, -0.15) is 12.6 Å². The van der Waals surface area contributed by atoms with E-state index in [0.717, 1.165) is 0 Å². The van der Waals surface area contributed by atoms with E-state index in [4.69, 9.17) is 19.9 Å². The molecule has 31 heavy (non-hydrogen) atoms. The normalized spacial score (nSPS) is 19.0. The highest BCUT2D eigenvalue weighted by atomic mass is 32.1. The van der Waals surface area contributed by atoms with E-state index in [0.29, 0.717) is 33.8 Å². The summed E-state index contributed by atoms with van der Waals surface area (Å²) in [7, 11) is 0. The van der Waals surface area contributed by atoms with Gasteiger partial charge in [0.05, 0.1) is 5.56 Å². The topological polar surface area (TPSA) is 108 Å². The first-order chi connectivity index (χ1) is 14.9. The van der Waals surface area contributed by atoms with Gasteiger partial charge in [-0.15, -0.1) is 0 Å². The van der Waals surface area contributed by atoms with E-state index in [2.05, 4.69) is 12.6 Å². The van der Waals surface area contributed by atoms with E-state index in [1.807, 2.05) is 12.1 Å². The van der Waals surface area contributed by atoms with Crippen LogP contribution in [0.5, 0.6) is 23.0 Å². The number of carbonyl (C=O) groups is 2. The van der Waals surface area contributed by atoms with Gasteiger partial charge in [0, 0.05) is 34.6 Å². The van der Waals surface area contributed by atoms with E-state index < -0.39 is 23.6 Å². The lowest BCUT2D eigenvalue weighted by molar-refractivity contribution is -0.135. The zero-order valence-corrected chi connectivity index (χ0v) is 17.0. The molecule has 0 aliphatic carbocycles. The van der Waals surface area contributed by atoms with E-state index in [-0.39, 0.29) is 17.3 Å². The first kappa shape index (κ1) is 19.5. The number of phenolic OH excluding ortho intramolecular Hbond substituents is 1. The molecular weight excluding hydrogens is 418 g/mol. The number of hydrogen-bond donors (Lipinski definition) is 3. The summed E-state index contributed by atoms with van der Waals surface area (Å²) in [6.45, 7) is 0. The monoisotopic (exact) mass is 435 g/mol. The van der Waals surface area contributed by atoms with Crippen molar-refractivity contribution in [2.45, 2.75) is 11.6 Å². The largest absolute Gasteiger partial charge is 0.508 e. The Labute approximate surface area is 182 Å². The standard InChI is InChI=1S/C23H17NO6S/c24-18(11-31)22(27)28-13-6-8-17-20(10-13)29-19-9-12(25)5-7-16(19)23(17)15-4-2-1-3-14(15)21(26)30-23/h1-10,18,25,31H,11,24H2/t18-,23?/m0/s1. The lowest BCUT2D eigenvalue weighted by atomic mass is 9.77. The van der Waals surface area contributed by atoms with Gasteiger partial charge in [0.2, 0.25) is 0 Å². The molecule has 156 valence electrons. The molecule has 7 nitrogen and oxygen atoms in total. The Balaban J connectivity index is 1.70. The number of ether oxygens (including phenoxy) is 3.